The predicted octanol–water partition coefficient (Wildman–Crippen LogP) is 3.34. The predicted molar refractivity (Wildman–Crippen MR) is 71.0 cm³/mol. The molecule has 1 N–H and O–H groups in total. The van der Waals surface area contributed by atoms with Gasteiger partial charge in [0.25, 0.3) is 0 Å². The Morgan fingerprint density at radius 2 is 1.65 bits per heavy atom. The molecule has 2 rings (SSSR count). The minimum absolute atomic E-state index is 0.0720. The van der Waals surface area contributed by atoms with E-state index in [0.29, 0.717) is 6.42 Å². The maximum absolute atomic E-state index is 11.9. The van der Waals surface area contributed by atoms with Gasteiger partial charge >= 0.3 is 5.97 Å². The monoisotopic (exact) mass is 276 g/mol. The van der Waals surface area contributed by atoms with E-state index < -0.39 is 5.97 Å². The van der Waals surface area contributed by atoms with Crippen LogP contribution in [0.2, 0.25) is 0 Å². The van der Waals surface area contributed by atoms with Crippen molar-refractivity contribution in [3.63, 3.8) is 0 Å². The van der Waals surface area contributed by atoms with Crippen LogP contribution in [0, 0.1) is 0 Å². The zero-order chi connectivity index (χ0) is 14.5. The van der Waals surface area contributed by atoms with E-state index in [0.717, 1.165) is 24.4 Å². The van der Waals surface area contributed by atoms with Crippen LogP contribution >= 0.6 is 0 Å². The van der Waals surface area contributed by atoms with E-state index in [1.807, 2.05) is 12.1 Å². The molecule has 20 heavy (non-hydrogen) atoms. The number of hydrogen-bond acceptors (Lipinski definition) is 4. The molecule has 5 nitrogen and oxygen atoms in total. The van der Waals surface area contributed by atoms with Crippen molar-refractivity contribution in [2.75, 3.05) is 0 Å². The summed E-state index contributed by atoms with van der Waals surface area (Å²) >= 11 is 0. The van der Waals surface area contributed by atoms with Gasteiger partial charge in [0.15, 0.2) is 11.5 Å². The number of ketones is 1. The maximum Gasteiger partial charge on any atom is 0.371 e. The zero-order valence-electron chi connectivity index (χ0n) is 11.2. The Labute approximate surface area is 116 Å². The lowest BCUT2D eigenvalue weighted by atomic mass is 10.1. The summed E-state index contributed by atoms with van der Waals surface area (Å²) in [6.45, 7) is 2.07. The first kappa shape index (κ1) is 14.1. The first-order valence-electron chi connectivity index (χ1n) is 6.54. The van der Waals surface area contributed by atoms with Crippen molar-refractivity contribution >= 4 is 11.8 Å². The number of aromatic carboxylic acids is 1. The molecule has 0 aliphatic rings. The van der Waals surface area contributed by atoms with Gasteiger partial charge in [0, 0.05) is 19.3 Å². The van der Waals surface area contributed by atoms with Gasteiger partial charge in [-0.05, 0) is 30.7 Å². The summed E-state index contributed by atoms with van der Waals surface area (Å²) in [5.41, 5.74) is 0. The molecule has 0 atom stereocenters. The molecule has 0 aliphatic heterocycles. The Morgan fingerprint density at radius 3 is 2.25 bits per heavy atom. The van der Waals surface area contributed by atoms with Crippen LogP contribution in [-0.4, -0.2) is 16.9 Å². The van der Waals surface area contributed by atoms with Gasteiger partial charge in [-0.3, -0.25) is 4.79 Å². The Hall–Kier alpha value is -2.30. The summed E-state index contributed by atoms with van der Waals surface area (Å²) < 4.78 is 10.5. The van der Waals surface area contributed by atoms with Crippen molar-refractivity contribution < 1.29 is 23.5 Å². The number of carbonyl (C=O) groups is 2. The minimum atomic E-state index is -1.18. The molecule has 2 aromatic rings. The third-order valence-electron chi connectivity index (χ3n) is 2.90. The molecular formula is C15H16O5. The van der Waals surface area contributed by atoms with Crippen molar-refractivity contribution in [1.82, 2.24) is 0 Å². The molecule has 106 valence electrons. The summed E-state index contributed by atoms with van der Waals surface area (Å²) in [4.78, 5) is 22.5. The fourth-order valence-electron chi connectivity index (χ4n) is 1.90. The normalized spacial score (nSPS) is 10.7. The summed E-state index contributed by atoms with van der Waals surface area (Å²) in [5, 5.41) is 8.72. The second kappa shape index (κ2) is 6.23. The second-order valence-corrected chi connectivity index (χ2v) is 4.51. The van der Waals surface area contributed by atoms with Crippen LogP contribution in [0.1, 0.15) is 52.4 Å². The third-order valence-corrected chi connectivity index (χ3v) is 2.90. The van der Waals surface area contributed by atoms with Crippen molar-refractivity contribution in [1.29, 1.82) is 0 Å². The molecule has 2 aromatic heterocycles. The molecule has 0 bridgehead atoms. The van der Waals surface area contributed by atoms with Gasteiger partial charge in [-0.15, -0.1) is 0 Å². The van der Waals surface area contributed by atoms with E-state index in [9.17, 15) is 9.59 Å². The van der Waals surface area contributed by atoms with Crippen LogP contribution in [0.15, 0.2) is 33.1 Å². The average molecular weight is 276 g/mol. The lowest BCUT2D eigenvalue weighted by molar-refractivity contribution is 0.0660. The lowest BCUT2D eigenvalue weighted by Crippen LogP contribution is -1.99. The maximum atomic E-state index is 11.9. The fraction of sp³-hybridized carbons (Fsp3) is 0.333. The highest BCUT2D eigenvalue weighted by Gasteiger charge is 2.15. The van der Waals surface area contributed by atoms with Crippen LogP contribution < -0.4 is 0 Å². The highest BCUT2D eigenvalue weighted by atomic mass is 16.4. The highest BCUT2D eigenvalue weighted by Crippen LogP contribution is 2.15. The number of aryl methyl sites for hydroxylation is 2. The number of carboxylic acids is 1. The van der Waals surface area contributed by atoms with Crippen LogP contribution in [0.25, 0.3) is 0 Å². The smallest absolute Gasteiger partial charge is 0.371 e. The molecule has 0 unspecified atom stereocenters. The largest absolute Gasteiger partial charge is 0.475 e. The molecule has 0 radical (unpaired) electrons. The summed E-state index contributed by atoms with van der Waals surface area (Å²) in [7, 11) is 0. The molecule has 0 saturated carbocycles. The number of hydrogen-bond donors (Lipinski definition) is 1. The standard InChI is InChI=1S/C15H16O5/c1-2-3-10-4-5-11(19-10)6-7-12(16)13-8-9-14(20-13)15(17)18/h4-5,8-9H,2-3,6-7H2,1H3,(H,17,18). The van der Waals surface area contributed by atoms with E-state index in [4.69, 9.17) is 13.9 Å². The minimum Gasteiger partial charge on any atom is -0.475 e. The molecule has 0 saturated heterocycles. The topological polar surface area (TPSA) is 80.7 Å². The Morgan fingerprint density at radius 1 is 1.00 bits per heavy atom. The van der Waals surface area contributed by atoms with Crippen LogP contribution in [0.3, 0.4) is 0 Å². The van der Waals surface area contributed by atoms with E-state index in [1.54, 1.807) is 0 Å². The van der Waals surface area contributed by atoms with Crippen molar-refractivity contribution in [3.05, 3.63) is 47.3 Å². The molecule has 2 heterocycles. The fourth-order valence-corrected chi connectivity index (χ4v) is 1.90. The van der Waals surface area contributed by atoms with Gasteiger partial charge in [0.1, 0.15) is 11.5 Å². The van der Waals surface area contributed by atoms with Crippen LogP contribution in [-0.2, 0) is 12.8 Å². The molecule has 0 aromatic carbocycles. The van der Waals surface area contributed by atoms with Crippen LogP contribution in [0.4, 0.5) is 0 Å². The molecule has 0 aliphatic carbocycles. The number of carbonyl (C=O) groups excluding carboxylic acids is 1. The number of Topliss-reactive ketones (excluding diaryl/α,β-unsaturated/α-hetero) is 1. The molecule has 0 amide bonds. The Balaban J connectivity index is 1.92. The molecular weight excluding hydrogens is 260 g/mol. The SMILES string of the molecule is CCCc1ccc(CCC(=O)c2ccc(C(=O)O)o2)o1. The highest BCUT2D eigenvalue weighted by molar-refractivity contribution is 5.95. The van der Waals surface area contributed by atoms with Gasteiger partial charge in [0.05, 0.1) is 0 Å². The molecule has 0 spiro atoms. The second-order valence-electron chi connectivity index (χ2n) is 4.51. The number of furan rings is 2. The van der Waals surface area contributed by atoms with Crippen LogP contribution in [0.5, 0.6) is 0 Å². The third kappa shape index (κ3) is 3.38. The van der Waals surface area contributed by atoms with E-state index in [1.165, 1.54) is 12.1 Å². The van der Waals surface area contributed by atoms with E-state index in [-0.39, 0.29) is 23.7 Å². The van der Waals surface area contributed by atoms with Gasteiger partial charge in [-0.25, -0.2) is 4.79 Å². The molecule has 5 heteroatoms. The van der Waals surface area contributed by atoms with Crippen molar-refractivity contribution in [2.24, 2.45) is 0 Å². The van der Waals surface area contributed by atoms with Crippen molar-refractivity contribution in [2.45, 2.75) is 32.6 Å². The average Bonchev–Trinajstić information content (AvgIpc) is 3.05. The Kier molecular flexibility index (Phi) is 4.40. The van der Waals surface area contributed by atoms with Gasteiger partial charge in [-0.1, -0.05) is 6.92 Å². The number of rotatable bonds is 7. The quantitative estimate of drug-likeness (QED) is 0.784. The zero-order valence-corrected chi connectivity index (χ0v) is 11.2. The van der Waals surface area contributed by atoms with Crippen molar-refractivity contribution in [3.8, 4) is 0 Å². The summed E-state index contributed by atoms with van der Waals surface area (Å²) in [6.07, 6.45) is 2.60. The summed E-state index contributed by atoms with van der Waals surface area (Å²) in [6, 6.07) is 6.44. The molecule has 0 fully saturated rings. The van der Waals surface area contributed by atoms with Gasteiger partial charge in [-0.2, -0.15) is 0 Å². The van der Waals surface area contributed by atoms with Gasteiger partial charge in [0.2, 0.25) is 5.76 Å². The lowest BCUT2D eigenvalue weighted by Gasteiger charge is -1.96. The first-order chi connectivity index (χ1) is 9.60. The van der Waals surface area contributed by atoms with E-state index >= 15 is 0 Å². The Bertz CT molecular complexity index is 605. The van der Waals surface area contributed by atoms with E-state index in [2.05, 4.69) is 6.92 Å². The first-order valence-corrected chi connectivity index (χ1v) is 6.54. The number of carboxylic acid groups (broad SMARTS) is 1. The summed E-state index contributed by atoms with van der Waals surface area (Å²) in [5.74, 6) is 0.109. The van der Waals surface area contributed by atoms with Gasteiger partial charge < -0.3 is 13.9 Å².